The molecule has 0 bridgehead atoms. The Hall–Kier alpha value is -2.37. The molecular weight excluding hydrogens is 377 g/mol. The van der Waals surface area contributed by atoms with Crippen LogP contribution in [0.15, 0.2) is 48.5 Å². The molecule has 0 radical (unpaired) electrons. The molecular formula is C22H25ClFN3O. The van der Waals surface area contributed by atoms with E-state index in [1.54, 1.807) is 6.07 Å². The molecule has 4 nitrogen and oxygen atoms in total. The first-order valence-corrected chi connectivity index (χ1v) is 9.38. The van der Waals surface area contributed by atoms with E-state index in [9.17, 15) is 9.18 Å². The lowest BCUT2D eigenvalue weighted by Crippen LogP contribution is -2.29. The van der Waals surface area contributed by atoms with Gasteiger partial charge in [0.2, 0.25) is 0 Å². The van der Waals surface area contributed by atoms with Crippen LogP contribution in [0.1, 0.15) is 40.4 Å². The number of halogens is 2. The Balaban J connectivity index is 0.00000225. The van der Waals surface area contributed by atoms with E-state index >= 15 is 0 Å². The molecule has 0 saturated carbocycles. The molecule has 28 heavy (non-hydrogen) atoms. The van der Waals surface area contributed by atoms with Crippen LogP contribution in [-0.4, -0.2) is 35.5 Å². The number of nitrogens with two attached hydrogens (primary N) is 1. The summed E-state index contributed by atoms with van der Waals surface area (Å²) in [5.74, 6) is -0.260. The zero-order chi connectivity index (χ0) is 19.0. The van der Waals surface area contributed by atoms with Crippen LogP contribution in [-0.2, 0) is 6.54 Å². The zero-order valence-electron chi connectivity index (χ0n) is 15.9. The highest BCUT2D eigenvalue weighted by molar-refractivity contribution is 5.99. The van der Waals surface area contributed by atoms with Gasteiger partial charge in [-0.3, -0.25) is 4.79 Å². The van der Waals surface area contributed by atoms with E-state index in [2.05, 4.69) is 18.0 Å². The standard InChI is InChI=1S/C22H24FN3O.ClH/c1-25-10-8-16(9-11-25)18-6-3-7-20-19(18)13-21(22(24)27)26(20)14-15-4-2-5-17(23)12-15;/h2-7,12-13,16H,8-11,14H2,1H3,(H2,24,27);1H. The smallest absolute Gasteiger partial charge is 0.265 e. The summed E-state index contributed by atoms with van der Waals surface area (Å²) in [6, 6.07) is 14.6. The maximum absolute atomic E-state index is 13.6. The lowest BCUT2D eigenvalue weighted by Gasteiger charge is -2.29. The fourth-order valence-electron chi connectivity index (χ4n) is 4.18. The van der Waals surface area contributed by atoms with Gasteiger partial charge in [-0.1, -0.05) is 24.3 Å². The molecule has 2 heterocycles. The number of likely N-dealkylation sites (tertiary alicyclic amines) is 1. The lowest BCUT2D eigenvalue weighted by atomic mass is 9.87. The minimum Gasteiger partial charge on any atom is -0.364 e. The van der Waals surface area contributed by atoms with Crippen LogP contribution in [0.5, 0.6) is 0 Å². The molecule has 3 aromatic rings. The Morgan fingerprint density at radius 3 is 2.54 bits per heavy atom. The summed E-state index contributed by atoms with van der Waals surface area (Å²) in [4.78, 5) is 14.4. The Morgan fingerprint density at radius 1 is 1.14 bits per heavy atom. The van der Waals surface area contributed by atoms with Crippen LogP contribution < -0.4 is 5.73 Å². The summed E-state index contributed by atoms with van der Waals surface area (Å²) in [5.41, 5.74) is 9.20. The van der Waals surface area contributed by atoms with Gasteiger partial charge in [-0.15, -0.1) is 12.4 Å². The van der Waals surface area contributed by atoms with E-state index in [-0.39, 0.29) is 18.2 Å². The highest BCUT2D eigenvalue weighted by Gasteiger charge is 2.23. The van der Waals surface area contributed by atoms with E-state index in [1.807, 2.05) is 28.8 Å². The number of hydrogen-bond donors (Lipinski definition) is 1. The van der Waals surface area contributed by atoms with Crippen molar-refractivity contribution in [3.05, 3.63) is 71.2 Å². The number of piperidine rings is 1. The molecule has 2 N–H and O–H groups in total. The first kappa shape index (κ1) is 20.4. The number of aromatic nitrogens is 1. The van der Waals surface area contributed by atoms with Gasteiger partial charge >= 0.3 is 0 Å². The number of amides is 1. The predicted molar refractivity (Wildman–Crippen MR) is 113 cm³/mol. The molecule has 0 spiro atoms. The van der Waals surface area contributed by atoms with Gasteiger partial charge in [0.25, 0.3) is 5.91 Å². The van der Waals surface area contributed by atoms with Crippen molar-refractivity contribution >= 4 is 29.2 Å². The lowest BCUT2D eigenvalue weighted by molar-refractivity contribution is 0.0992. The Kier molecular flexibility index (Phi) is 6.06. The maximum Gasteiger partial charge on any atom is 0.265 e. The molecule has 4 rings (SSSR count). The molecule has 0 unspecified atom stereocenters. The van der Waals surface area contributed by atoms with Crippen molar-refractivity contribution in [2.75, 3.05) is 20.1 Å². The van der Waals surface area contributed by atoms with E-state index in [4.69, 9.17) is 5.73 Å². The Morgan fingerprint density at radius 2 is 1.86 bits per heavy atom. The van der Waals surface area contributed by atoms with Crippen LogP contribution in [0, 0.1) is 5.82 Å². The highest BCUT2D eigenvalue weighted by atomic mass is 35.5. The first-order chi connectivity index (χ1) is 13.0. The van der Waals surface area contributed by atoms with Crippen molar-refractivity contribution in [1.82, 2.24) is 9.47 Å². The quantitative estimate of drug-likeness (QED) is 0.713. The van der Waals surface area contributed by atoms with Gasteiger partial charge in [0.1, 0.15) is 11.5 Å². The van der Waals surface area contributed by atoms with Crippen LogP contribution in [0.2, 0.25) is 0 Å². The number of nitrogens with zero attached hydrogens (tertiary/aromatic N) is 2. The Labute approximate surface area is 170 Å². The second-order valence-electron chi connectivity index (χ2n) is 7.47. The molecule has 0 atom stereocenters. The van der Waals surface area contributed by atoms with Crippen LogP contribution in [0.4, 0.5) is 4.39 Å². The number of carbonyl (C=O) groups excluding carboxylic acids is 1. The minimum absolute atomic E-state index is 0. The van der Waals surface area contributed by atoms with Crippen molar-refractivity contribution in [1.29, 1.82) is 0 Å². The summed E-state index contributed by atoms with van der Waals surface area (Å²) >= 11 is 0. The molecule has 1 saturated heterocycles. The molecule has 2 aromatic carbocycles. The van der Waals surface area contributed by atoms with Crippen molar-refractivity contribution in [3.8, 4) is 0 Å². The summed E-state index contributed by atoms with van der Waals surface area (Å²) in [6.07, 6.45) is 2.22. The van der Waals surface area contributed by atoms with Gasteiger partial charge in [0.15, 0.2) is 0 Å². The molecule has 6 heteroatoms. The average Bonchev–Trinajstić information content (AvgIpc) is 3.01. The largest absolute Gasteiger partial charge is 0.364 e. The Bertz CT molecular complexity index is 993. The SMILES string of the molecule is CN1CCC(c2cccc3c2cc(C(N)=O)n3Cc2cccc(F)c2)CC1.Cl. The number of hydrogen-bond acceptors (Lipinski definition) is 2. The predicted octanol–water partition coefficient (Wildman–Crippen LogP) is 4.16. The molecule has 1 aliphatic heterocycles. The summed E-state index contributed by atoms with van der Waals surface area (Å²) < 4.78 is 15.5. The van der Waals surface area contributed by atoms with Gasteiger partial charge in [-0.2, -0.15) is 0 Å². The van der Waals surface area contributed by atoms with Crippen molar-refractivity contribution in [3.63, 3.8) is 0 Å². The molecule has 1 aromatic heterocycles. The van der Waals surface area contributed by atoms with Crippen molar-refractivity contribution < 1.29 is 9.18 Å². The first-order valence-electron chi connectivity index (χ1n) is 9.38. The normalized spacial score (nSPS) is 15.5. The number of primary amides is 1. The number of carbonyl (C=O) groups is 1. The fraction of sp³-hybridized carbons (Fsp3) is 0.318. The second-order valence-corrected chi connectivity index (χ2v) is 7.47. The topological polar surface area (TPSA) is 51.3 Å². The van der Waals surface area contributed by atoms with Gasteiger partial charge in [0, 0.05) is 17.4 Å². The molecule has 0 aliphatic carbocycles. The molecule has 1 fully saturated rings. The third kappa shape index (κ3) is 3.91. The summed E-state index contributed by atoms with van der Waals surface area (Å²) in [6.45, 7) is 2.57. The van der Waals surface area contributed by atoms with Crippen LogP contribution >= 0.6 is 12.4 Å². The van der Waals surface area contributed by atoms with Crippen LogP contribution in [0.3, 0.4) is 0 Å². The number of fused-ring (bicyclic) bond motifs is 1. The monoisotopic (exact) mass is 401 g/mol. The van der Waals surface area contributed by atoms with Crippen molar-refractivity contribution in [2.24, 2.45) is 5.73 Å². The maximum atomic E-state index is 13.6. The summed E-state index contributed by atoms with van der Waals surface area (Å²) in [7, 11) is 2.15. The van der Waals surface area contributed by atoms with E-state index in [1.165, 1.54) is 17.7 Å². The summed E-state index contributed by atoms with van der Waals surface area (Å²) in [5, 5.41) is 1.08. The minimum atomic E-state index is -0.461. The average molecular weight is 402 g/mol. The fourth-order valence-corrected chi connectivity index (χ4v) is 4.18. The van der Waals surface area contributed by atoms with Gasteiger partial charge in [-0.05, 0) is 74.3 Å². The molecule has 1 aliphatic rings. The van der Waals surface area contributed by atoms with E-state index in [0.29, 0.717) is 18.2 Å². The second kappa shape index (κ2) is 8.33. The van der Waals surface area contributed by atoms with Crippen LogP contribution in [0.25, 0.3) is 10.9 Å². The zero-order valence-corrected chi connectivity index (χ0v) is 16.7. The highest BCUT2D eigenvalue weighted by Crippen LogP contribution is 2.34. The van der Waals surface area contributed by atoms with Gasteiger partial charge in [0.05, 0.1) is 0 Å². The van der Waals surface area contributed by atoms with E-state index in [0.717, 1.165) is 42.4 Å². The number of benzene rings is 2. The van der Waals surface area contributed by atoms with E-state index < -0.39 is 5.91 Å². The van der Waals surface area contributed by atoms with Crippen molar-refractivity contribution in [2.45, 2.75) is 25.3 Å². The molecule has 1 amide bonds. The third-order valence-electron chi connectivity index (χ3n) is 5.62. The van der Waals surface area contributed by atoms with Gasteiger partial charge < -0.3 is 15.2 Å². The molecule has 148 valence electrons. The van der Waals surface area contributed by atoms with Gasteiger partial charge in [-0.25, -0.2) is 4.39 Å². The third-order valence-corrected chi connectivity index (χ3v) is 5.62. The number of rotatable bonds is 4.